The number of amides is 1. The fraction of sp³-hybridized carbons (Fsp3) is 0.286. The molecular weight excluding hydrogens is 614 g/mol. The summed E-state index contributed by atoms with van der Waals surface area (Å²) >= 11 is 7.65. The number of benzene rings is 3. The molecule has 45 heavy (non-hydrogen) atoms. The Morgan fingerprint density at radius 3 is 2.38 bits per heavy atom. The van der Waals surface area contributed by atoms with Crippen molar-refractivity contribution in [3.8, 4) is 10.4 Å². The van der Waals surface area contributed by atoms with Crippen molar-refractivity contribution in [2.24, 2.45) is 0 Å². The maximum absolute atomic E-state index is 14.5. The second kappa shape index (κ2) is 14.9. The minimum Gasteiger partial charge on any atom is -0.336 e. The molecule has 1 amide bonds. The normalized spacial score (nSPS) is 11.4. The Morgan fingerprint density at radius 1 is 0.911 bits per heavy atom. The van der Waals surface area contributed by atoms with Crippen LogP contribution in [0, 0.1) is 11.6 Å². The predicted molar refractivity (Wildman–Crippen MR) is 178 cm³/mol. The van der Waals surface area contributed by atoms with Gasteiger partial charge in [-0.2, -0.15) is 4.98 Å². The minimum atomic E-state index is -0.928. The summed E-state index contributed by atoms with van der Waals surface area (Å²) in [4.78, 5) is 36.5. The van der Waals surface area contributed by atoms with Gasteiger partial charge in [0.1, 0.15) is 12.4 Å². The van der Waals surface area contributed by atoms with Gasteiger partial charge in [-0.25, -0.2) is 8.78 Å². The molecule has 5 rings (SSSR count). The molecule has 5 aromatic rings. The molecule has 10 heteroatoms. The number of fused-ring (bicyclic) bond motifs is 1. The van der Waals surface area contributed by atoms with Crippen LogP contribution in [0.15, 0.2) is 83.7 Å². The largest absolute Gasteiger partial charge is 0.336 e. The van der Waals surface area contributed by atoms with Crippen LogP contribution in [0.2, 0.25) is 4.34 Å². The van der Waals surface area contributed by atoms with Gasteiger partial charge in [0.15, 0.2) is 11.6 Å². The van der Waals surface area contributed by atoms with Gasteiger partial charge in [0.25, 0.3) is 5.56 Å². The molecule has 2 aromatic heterocycles. The zero-order valence-electron chi connectivity index (χ0n) is 25.3. The number of nitrogens with zero attached hydrogens (tertiary/aromatic N) is 4. The van der Waals surface area contributed by atoms with E-state index in [-0.39, 0.29) is 30.9 Å². The lowest BCUT2D eigenvalue weighted by Crippen LogP contribution is -2.40. The van der Waals surface area contributed by atoms with E-state index in [0.29, 0.717) is 36.4 Å². The quantitative estimate of drug-likeness (QED) is 0.135. The predicted octanol–water partition coefficient (Wildman–Crippen LogP) is 7.21. The summed E-state index contributed by atoms with van der Waals surface area (Å²) < 4.78 is 30.8. The number of thiophene rings is 1. The van der Waals surface area contributed by atoms with Crippen LogP contribution in [0.1, 0.15) is 30.8 Å². The van der Waals surface area contributed by atoms with Crippen LogP contribution < -0.4 is 5.56 Å². The molecule has 0 aliphatic rings. The van der Waals surface area contributed by atoms with Crippen molar-refractivity contribution in [1.82, 2.24) is 19.4 Å². The lowest BCUT2D eigenvalue weighted by molar-refractivity contribution is -0.132. The molecule has 0 aliphatic heterocycles. The average molecular weight is 649 g/mol. The summed E-state index contributed by atoms with van der Waals surface area (Å²) in [7, 11) is 0. The van der Waals surface area contributed by atoms with Crippen LogP contribution >= 0.6 is 22.9 Å². The van der Waals surface area contributed by atoms with Gasteiger partial charge in [-0.05, 0) is 66.5 Å². The van der Waals surface area contributed by atoms with E-state index in [1.165, 1.54) is 23.5 Å². The van der Waals surface area contributed by atoms with Crippen molar-refractivity contribution in [3.63, 3.8) is 0 Å². The molecule has 0 atom stereocenters. The fourth-order valence-corrected chi connectivity index (χ4v) is 6.46. The second-order valence-electron chi connectivity index (χ2n) is 10.8. The highest BCUT2D eigenvalue weighted by Gasteiger charge is 2.20. The molecule has 0 saturated carbocycles. The molecule has 3 aromatic carbocycles. The molecule has 0 unspecified atom stereocenters. The number of aryl methyl sites for hydroxylation is 2. The highest BCUT2D eigenvalue weighted by Crippen LogP contribution is 2.31. The Balaban J connectivity index is 1.44. The van der Waals surface area contributed by atoms with Crippen molar-refractivity contribution < 1.29 is 13.6 Å². The maximum Gasteiger partial charge on any atom is 0.280 e. The van der Waals surface area contributed by atoms with E-state index in [0.717, 1.165) is 39.5 Å². The van der Waals surface area contributed by atoms with Crippen LogP contribution in [0.25, 0.3) is 21.3 Å². The lowest BCUT2D eigenvalue weighted by Gasteiger charge is -2.28. The summed E-state index contributed by atoms with van der Waals surface area (Å²) in [6.45, 7) is 7.49. The summed E-state index contributed by atoms with van der Waals surface area (Å²) in [6, 6.07) is 23.0. The van der Waals surface area contributed by atoms with Crippen LogP contribution in [-0.2, 0) is 30.7 Å². The van der Waals surface area contributed by atoms with Gasteiger partial charge in [-0.3, -0.25) is 9.59 Å². The topological polar surface area (TPSA) is 58.4 Å². The average Bonchev–Trinajstić information content (AvgIpc) is 3.49. The second-order valence-corrected chi connectivity index (χ2v) is 12.5. The first kappa shape index (κ1) is 32.5. The van der Waals surface area contributed by atoms with Crippen molar-refractivity contribution >= 4 is 39.7 Å². The standard InChI is InChI=1S/C35H35ClF2N4O2S/c1-3-40(4-2)20-21-41(22-24-12-14-25(15-13-24)30-17-18-31(36)45-30)33(43)23-42-29-11-6-5-9-27(29)35(44)39-32(42)19-16-26-8-7-10-28(37)34(26)38/h5-15,17-18H,3-4,16,19-23H2,1-2H3. The summed E-state index contributed by atoms with van der Waals surface area (Å²) in [5.74, 6) is -1.63. The minimum absolute atomic E-state index is 0.0568. The third-order valence-corrected chi connectivity index (χ3v) is 9.31. The van der Waals surface area contributed by atoms with E-state index in [9.17, 15) is 18.4 Å². The van der Waals surface area contributed by atoms with Crippen molar-refractivity contribution in [1.29, 1.82) is 0 Å². The first-order valence-electron chi connectivity index (χ1n) is 15.0. The van der Waals surface area contributed by atoms with E-state index in [1.54, 1.807) is 28.8 Å². The zero-order chi connectivity index (χ0) is 31.9. The third-order valence-electron chi connectivity index (χ3n) is 8.03. The van der Waals surface area contributed by atoms with Crippen LogP contribution in [-0.4, -0.2) is 51.4 Å². The zero-order valence-corrected chi connectivity index (χ0v) is 26.9. The van der Waals surface area contributed by atoms with E-state index in [4.69, 9.17) is 11.6 Å². The number of carbonyl (C=O) groups is 1. The number of likely N-dealkylation sites (N-methyl/N-ethyl adjacent to an activating group) is 1. The highest BCUT2D eigenvalue weighted by molar-refractivity contribution is 7.19. The number of carbonyl (C=O) groups excluding carboxylic acids is 1. The molecule has 2 heterocycles. The SMILES string of the molecule is CCN(CC)CCN(Cc1ccc(-c2ccc(Cl)s2)cc1)C(=O)Cn1c(CCc2cccc(F)c2F)nc(=O)c2ccccc21. The van der Waals surface area contributed by atoms with Gasteiger partial charge in [0.2, 0.25) is 5.91 Å². The van der Waals surface area contributed by atoms with E-state index < -0.39 is 17.2 Å². The fourth-order valence-electron chi connectivity index (χ4n) is 5.42. The summed E-state index contributed by atoms with van der Waals surface area (Å²) in [5.41, 5.74) is 2.38. The molecule has 0 bridgehead atoms. The number of hydrogen-bond acceptors (Lipinski definition) is 5. The Bertz CT molecular complexity index is 1840. The number of hydrogen-bond donors (Lipinski definition) is 0. The van der Waals surface area contributed by atoms with Crippen LogP contribution in [0.5, 0.6) is 0 Å². The van der Waals surface area contributed by atoms with Gasteiger partial charge in [0, 0.05) is 30.9 Å². The Labute approximate surface area is 270 Å². The van der Waals surface area contributed by atoms with Crippen molar-refractivity contribution in [2.45, 2.75) is 39.8 Å². The first-order chi connectivity index (χ1) is 21.8. The molecule has 6 nitrogen and oxygen atoms in total. The smallest absolute Gasteiger partial charge is 0.280 e. The number of para-hydroxylation sites is 1. The molecule has 0 N–H and O–H groups in total. The monoisotopic (exact) mass is 648 g/mol. The van der Waals surface area contributed by atoms with Gasteiger partial charge in [-0.15, -0.1) is 11.3 Å². The number of aromatic nitrogens is 2. The molecule has 0 fully saturated rings. The molecule has 0 spiro atoms. The van der Waals surface area contributed by atoms with E-state index in [2.05, 4.69) is 23.7 Å². The molecule has 0 aliphatic carbocycles. The number of rotatable bonds is 13. The van der Waals surface area contributed by atoms with Crippen molar-refractivity contribution in [2.75, 3.05) is 26.2 Å². The van der Waals surface area contributed by atoms with Gasteiger partial charge >= 0.3 is 0 Å². The van der Waals surface area contributed by atoms with Gasteiger partial charge in [-0.1, -0.05) is 74.0 Å². The Kier molecular flexibility index (Phi) is 10.8. The molecule has 0 saturated heterocycles. The highest BCUT2D eigenvalue weighted by atomic mass is 35.5. The Hall–Kier alpha value is -3.92. The third kappa shape index (κ3) is 7.84. The van der Waals surface area contributed by atoms with Gasteiger partial charge in [0.05, 0.1) is 15.2 Å². The van der Waals surface area contributed by atoms with Crippen LogP contribution in [0.3, 0.4) is 0 Å². The number of halogens is 3. The van der Waals surface area contributed by atoms with E-state index >= 15 is 0 Å². The van der Waals surface area contributed by atoms with Crippen molar-refractivity contribution in [3.05, 3.63) is 122 Å². The summed E-state index contributed by atoms with van der Waals surface area (Å²) in [6.07, 6.45) is 0.275. The van der Waals surface area contributed by atoms with Crippen LogP contribution in [0.4, 0.5) is 8.78 Å². The van der Waals surface area contributed by atoms with E-state index in [1.807, 2.05) is 41.3 Å². The molecule has 0 radical (unpaired) electrons. The molecular formula is C35H35ClF2N4O2S. The maximum atomic E-state index is 14.5. The molecule has 234 valence electrons. The lowest BCUT2D eigenvalue weighted by atomic mass is 10.1. The van der Waals surface area contributed by atoms with Gasteiger partial charge < -0.3 is 14.4 Å². The first-order valence-corrected chi connectivity index (χ1v) is 16.2. The Morgan fingerprint density at radius 2 is 1.67 bits per heavy atom. The summed E-state index contributed by atoms with van der Waals surface area (Å²) in [5, 5.41) is 0.393.